The standard InChI is InChI=1S/C26H17NO2S/c28-27(29)23-12-16-7-5-14(16)9-20(23)21-11-18-3-1-2-4-19(18)25-22-10-15-6-8-17(15)13-24(22)30-26(21)25/h1-4,9-13H,5-8H2. The number of rotatable bonds is 2. The molecule has 0 aliphatic heterocycles. The number of benzene rings is 4. The average Bonchev–Trinajstić information content (AvgIpc) is 3.08. The van der Waals surface area contributed by atoms with E-state index < -0.39 is 0 Å². The molecule has 7 rings (SSSR count). The van der Waals surface area contributed by atoms with E-state index in [1.165, 1.54) is 37.5 Å². The first kappa shape index (κ1) is 16.5. The number of hydrogen-bond acceptors (Lipinski definition) is 3. The van der Waals surface area contributed by atoms with Gasteiger partial charge in [-0.1, -0.05) is 24.3 Å². The third kappa shape index (κ3) is 2.09. The zero-order chi connectivity index (χ0) is 20.0. The van der Waals surface area contributed by atoms with Crippen LogP contribution in [-0.2, 0) is 25.7 Å². The van der Waals surface area contributed by atoms with Gasteiger partial charge in [0.15, 0.2) is 0 Å². The molecule has 0 atom stereocenters. The van der Waals surface area contributed by atoms with Gasteiger partial charge in [-0.15, -0.1) is 11.3 Å². The van der Waals surface area contributed by atoms with E-state index in [1.54, 1.807) is 17.4 Å². The van der Waals surface area contributed by atoms with E-state index in [9.17, 15) is 10.1 Å². The molecule has 0 spiro atoms. The Bertz CT molecular complexity index is 1580. The van der Waals surface area contributed by atoms with Crippen LogP contribution in [0, 0.1) is 10.1 Å². The highest BCUT2D eigenvalue weighted by molar-refractivity contribution is 7.26. The van der Waals surface area contributed by atoms with Crippen molar-refractivity contribution in [3.63, 3.8) is 0 Å². The molecule has 0 unspecified atom stereocenters. The van der Waals surface area contributed by atoms with Crippen molar-refractivity contribution in [2.24, 2.45) is 0 Å². The second kappa shape index (κ2) is 5.67. The first-order valence-corrected chi connectivity index (χ1v) is 11.2. The van der Waals surface area contributed by atoms with Crippen LogP contribution in [0.1, 0.15) is 22.3 Å². The molecule has 0 bridgehead atoms. The van der Waals surface area contributed by atoms with Gasteiger partial charge < -0.3 is 0 Å². The fourth-order valence-corrected chi connectivity index (χ4v) is 6.41. The highest BCUT2D eigenvalue weighted by Crippen LogP contribution is 2.48. The Balaban J connectivity index is 1.67. The molecule has 4 aromatic carbocycles. The van der Waals surface area contributed by atoms with E-state index in [4.69, 9.17) is 0 Å². The summed E-state index contributed by atoms with van der Waals surface area (Å²) in [6, 6.07) is 19.1. The number of hydrogen-bond donors (Lipinski definition) is 0. The van der Waals surface area contributed by atoms with E-state index in [2.05, 4.69) is 42.5 Å². The summed E-state index contributed by atoms with van der Waals surface area (Å²) < 4.78 is 2.45. The fraction of sp³-hybridized carbons (Fsp3) is 0.154. The molecule has 2 aliphatic rings. The molecule has 30 heavy (non-hydrogen) atoms. The first-order valence-electron chi connectivity index (χ1n) is 10.4. The molecule has 0 saturated carbocycles. The van der Waals surface area contributed by atoms with Crippen LogP contribution in [-0.4, -0.2) is 4.92 Å². The molecule has 144 valence electrons. The maximum atomic E-state index is 12.0. The van der Waals surface area contributed by atoms with Crippen molar-refractivity contribution in [3.05, 3.63) is 87.0 Å². The zero-order valence-electron chi connectivity index (χ0n) is 16.2. The van der Waals surface area contributed by atoms with Gasteiger partial charge in [0.1, 0.15) is 0 Å². The number of thiophene rings is 1. The van der Waals surface area contributed by atoms with E-state index >= 15 is 0 Å². The third-order valence-corrected chi connectivity index (χ3v) is 8.10. The van der Waals surface area contributed by atoms with Gasteiger partial charge >= 0.3 is 0 Å². The molecular weight excluding hydrogens is 390 g/mol. The number of nitro groups is 1. The minimum absolute atomic E-state index is 0.216. The summed E-state index contributed by atoms with van der Waals surface area (Å²) in [7, 11) is 0. The lowest BCUT2D eigenvalue weighted by Crippen LogP contribution is -2.09. The molecule has 0 N–H and O–H groups in total. The van der Waals surface area contributed by atoms with Gasteiger partial charge in [-0.2, -0.15) is 0 Å². The molecular formula is C26H17NO2S. The van der Waals surface area contributed by atoms with Gasteiger partial charge in [-0.25, -0.2) is 0 Å². The van der Waals surface area contributed by atoms with Crippen LogP contribution in [0.25, 0.3) is 42.1 Å². The number of nitro benzene ring substituents is 1. The van der Waals surface area contributed by atoms with E-state index in [0.717, 1.165) is 52.5 Å². The highest BCUT2D eigenvalue weighted by Gasteiger charge is 2.26. The normalized spacial score (nSPS) is 14.4. The minimum Gasteiger partial charge on any atom is -0.258 e. The van der Waals surface area contributed by atoms with Crippen LogP contribution in [0.2, 0.25) is 0 Å². The van der Waals surface area contributed by atoms with Gasteiger partial charge in [-0.05, 0) is 83.0 Å². The zero-order valence-corrected chi connectivity index (χ0v) is 17.0. The summed E-state index contributed by atoms with van der Waals surface area (Å²) in [5.41, 5.74) is 7.26. The Labute approximate surface area is 176 Å². The summed E-state index contributed by atoms with van der Waals surface area (Å²) in [6.07, 6.45) is 4.26. The molecule has 0 amide bonds. The molecule has 1 aromatic heterocycles. The van der Waals surface area contributed by atoms with Gasteiger partial charge in [0, 0.05) is 31.8 Å². The van der Waals surface area contributed by atoms with Gasteiger partial charge in [0.2, 0.25) is 0 Å². The molecule has 2 aliphatic carbocycles. The van der Waals surface area contributed by atoms with Crippen molar-refractivity contribution in [2.45, 2.75) is 25.7 Å². The quantitative estimate of drug-likeness (QED) is 0.234. The third-order valence-electron chi connectivity index (χ3n) is 6.92. The van der Waals surface area contributed by atoms with Crippen molar-refractivity contribution in [1.82, 2.24) is 0 Å². The van der Waals surface area contributed by atoms with Crippen LogP contribution < -0.4 is 0 Å². The average molecular weight is 407 g/mol. The monoisotopic (exact) mass is 407 g/mol. The Hall–Kier alpha value is -3.24. The summed E-state index contributed by atoms with van der Waals surface area (Å²) >= 11 is 1.78. The van der Waals surface area contributed by atoms with Crippen LogP contribution in [0.5, 0.6) is 0 Å². The van der Waals surface area contributed by atoms with E-state index in [-0.39, 0.29) is 10.6 Å². The van der Waals surface area contributed by atoms with Crippen LogP contribution >= 0.6 is 11.3 Å². The summed E-state index contributed by atoms with van der Waals surface area (Å²) in [5.74, 6) is 0. The lowest BCUT2D eigenvalue weighted by atomic mass is 9.84. The lowest BCUT2D eigenvalue weighted by Gasteiger charge is -2.20. The predicted molar refractivity (Wildman–Crippen MR) is 124 cm³/mol. The molecule has 0 saturated heterocycles. The summed E-state index contributed by atoms with van der Waals surface area (Å²) in [5, 5.41) is 16.9. The Morgan fingerprint density at radius 2 is 1.47 bits per heavy atom. The van der Waals surface area contributed by atoms with Crippen molar-refractivity contribution >= 4 is 48.0 Å². The van der Waals surface area contributed by atoms with Gasteiger partial charge in [-0.3, -0.25) is 10.1 Å². The van der Waals surface area contributed by atoms with Gasteiger partial charge in [0.05, 0.1) is 10.5 Å². The second-order valence-electron chi connectivity index (χ2n) is 8.46. The van der Waals surface area contributed by atoms with E-state index in [1.807, 2.05) is 6.07 Å². The molecule has 5 aromatic rings. The molecule has 0 fully saturated rings. The predicted octanol–water partition coefficient (Wildman–Crippen LogP) is 6.98. The van der Waals surface area contributed by atoms with E-state index in [0.29, 0.717) is 0 Å². The van der Waals surface area contributed by atoms with Crippen LogP contribution in [0.4, 0.5) is 5.69 Å². The van der Waals surface area contributed by atoms with Crippen LogP contribution in [0.3, 0.4) is 0 Å². The Morgan fingerprint density at radius 1 is 0.767 bits per heavy atom. The highest BCUT2D eigenvalue weighted by atomic mass is 32.1. The SMILES string of the molecule is O=[N+]([O-])c1cc2c(cc1-c1cc3ccccc3c3c1sc1cc4c(cc13)CC4)CC2. The maximum absolute atomic E-state index is 12.0. The summed E-state index contributed by atoms with van der Waals surface area (Å²) in [4.78, 5) is 11.7. The fourth-order valence-electron chi connectivity index (χ4n) is 5.12. The molecule has 0 radical (unpaired) electrons. The number of aryl methyl sites for hydroxylation is 4. The minimum atomic E-state index is -0.216. The van der Waals surface area contributed by atoms with Crippen molar-refractivity contribution in [2.75, 3.05) is 0 Å². The van der Waals surface area contributed by atoms with Crippen molar-refractivity contribution in [3.8, 4) is 11.1 Å². The Kier molecular flexibility index (Phi) is 3.13. The topological polar surface area (TPSA) is 43.1 Å². The molecule has 3 nitrogen and oxygen atoms in total. The number of nitrogens with zero attached hydrogens (tertiary/aromatic N) is 1. The lowest BCUT2D eigenvalue weighted by molar-refractivity contribution is -0.384. The van der Waals surface area contributed by atoms with Crippen molar-refractivity contribution in [1.29, 1.82) is 0 Å². The van der Waals surface area contributed by atoms with Gasteiger partial charge in [0.25, 0.3) is 5.69 Å². The van der Waals surface area contributed by atoms with Crippen LogP contribution in [0.15, 0.2) is 54.6 Å². The summed E-state index contributed by atoms with van der Waals surface area (Å²) in [6.45, 7) is 0. The molecule has 1 heterocycles. The second-order valence-corrected chi connectivity index (χ2v) is 9.52. The van der Waals surface area contributed by atoms with Crippen molar-refractivity contribution < 1.29 is 4.92 Å². The Morgan fingerprint density at radius 3 is 2.23 bits per heavy atom. The number of fused-ring (bicyclic) bond motifs is 7. The molecule has 4 heteroatoms. The first-order chi connectivity index (χ1) is 14.7. The largest absolute Gasteiger partial charge is 0.277 e. The smallest absolute Gasteiger partial charge is 0.258 e. The maximum Gasteiger partial charge on any atom is 0.277 e.